The van der Waals surface area contributed by atoms with Gasteiger partial charge in [0.05, 0.1) is 15.6 Å². The van der Waals surface area contributed by atoms with E-state index in [9.17, 15) is 9.59 Å². The molecule has 2 N–H and O–H groups in total. The van der Waals surface area contributed by atoms with Crippen LogP contribution in [-0.2, 0) is 4.79 Å². The Balaban J connectivity index is 1.89. The van der Waals surface area contributed by atoms with Crippen LogP contribution in [0.3, 0.4) is 0 Å². The van der Waals surface area contributed by atoms with Crippen molar-refractivity contribution in [2.75, 3.05) is 11.9 Å². The van der Waals surface area contributed by atoms with Gasteiger partial charge >= 0.3 is 5.97 Å². The molecule has 0 aliphatic carbocycles. The number of halogens is 2. The van der Waals surface area contributed by atoms with Crippen LogP contribution in [0.4, 0.5) is 5.69 Å². The number of benzene rings is 2. The van der Waals surface area contributed by atoms with Gasteiger partial charge in [0.1, 0.15) is 5.75 Å². The van der Waals surface area contributed by atoms with Gasteiger partial charge in [-0.2, -0.15) is 0 Å². The molecule has 0 bridgehead atoms. The molecule has 0 fully saturated rings. The maximum absolute atomic E-state index is 11.8. The molecule has 2 rings (SSSR count). The lowest BCUT2D eigenvalue weighted by Gasteiger charge is -2.08. The Hall–Kier alpha value is -2.24. The van der Waals surface area contributed by atoms with Crippen LogP contribution < -0.4 is 10.1 Å². The van der Waals surface area contributed by atoms with E-state index in [1.807, 2.05) is 0 Å². The molecule has 0 unspecified atom stereocenters. The second-order valence-corrected chi connectivity index (χ2v) is 5.11. The van der Waals surface area contributed by atoms with Crippen LogP contribution in [0.5, 0.6) is 5.75 Å². The number of carboxylic acid groups (broad SMARTS) is 1. The maximum atomic E-state index is 11.8. The van der Waals surface area contributed by atoms with E-state index in [1.54, 1.807) is 12.1 Å². The second-order valence-electron chi connectivity index (χ2n) is 4.30. The lowest BCUT2D eigenvalue weighted by molar-refractivity contribution is -0.118. The van der Waals surface area contributed by atoms with Crippen molar-refractivity contribution < 1.29 is 19.4 Å². The molecular formula is C15H11Cl2NO4. The zero-order chi connectivity index (χ0) is 16.1. The summed E-state index contributed by atoms with van der Waals surface area (Å²) in [6, 6.07) is 10.5. The van der Waals surface area contributed by atoms with Gasteiger partial charge in [-0.15, -0.1) is 0 Å². The van der Waals surface area contributed by atoms with Crippen LogP contribution in [0.2, 0.25) is 10.0 Å². The molecule has 0 atom stereocenters. The van der Waals surface area contributed by atoms with Crippen molar-refractivity contribution in [1.82, 2.24) is 0 Å². The van der Waals surface area contributed by atoms with Gasteiger partial charge in [0.15, 0.2) is 6.61 Å². The smallest absolute Gasteiger partial charge is 0.335 e. The van der Waals surface area contributed by atoms with E-state index < -0.39 is 5.97 Å². The van der Waals surface area contributed by atoms with E-state index in [2.05, 4.69) is 5.32 Å². The van der Waals surface area contributed by atoms with E-state index in [1.165, 1.54) is 30.3 Å². The van der Waals surface area contributed by atoms with Gasteiger partial charge in [-0.1, -0.05) is 23.2 Å². The molecular weight excluding hydrogens is 329 g/mol. The third-order valence-electron chi connectivity index (χ3n) is 2.67. The van der Waals surface area contributed by atoms with E-state index in [-0.39, 0.29) is 18.1 Å². The third-order valence-corrected chi connectivity index (χ3v) is 3.41. The molecule has 0 saturated heterocycles. The molecule has 0 saturated carbocycles. The number of carboxylic acids is 1. The van der Waals surface area contributed by atoms with Crippen LogP contribution >= 0.6 is 23.2 Å². The van der Waals surface area contributed by atoms with E-state index in [4.69, 9.17) is 33.0 Å². The Labute approximate surface area is 136 Å². The topological polar surface area (TPSA) is 75.6 Å². The molecule has 0 radical (unpaired) electrons. The number of ether oxygens (including phenoxy) is 1. The van der Waals surface area contributed by atoms with Gasteiger partial charge in [-0.3, -0.25) is 4.79 Å². The predicted octanol–water partition coefficient (Wildman–Crippen LogP) is 3.71. The quantitative estimate of drug-likeness (QED) is 0.870. The van der Waals surface area contributed by atoms with Crippen LogP contribution in [0.25, 0.3) is 0 Å². The number of nitrogens with one attached hydrogen (secondary N) is 1. The van der Waals surface area contributed by atoms with Crippen molar-refractivity contribution in [2.45, 2.75) is 0 Å². The first-order valence-corrected chi connectivity index (χ1v) is 6.92. The highest BCUT2D eigenvalue weighted by Crippen LogP contribution is 2.24. The van der Waals surface area contributed by atoms with Gasteiger partial charge < -0.3 is 15.2 Å². The van der Waals surface area contributed by atoms with Crippen LogP contribution in [0.15, 0.2) is 42.5 Å². The molecule has 2 aromatic carbocycles. The number of amides is 1. The first-order valence-electron chi connectivity index (χ1n) is 6.17. The van der Waals surface area contributed by atoms with Gasteiger partial charge in [-0.05, 0) is 42.5 Å². The largest absolute Gasteiger partial charge is 0.484 e. The minimum Gasteiger partial charge on any atom is -0.484 e. The number of hydrogen-bond donors (Lipinski definition) is 2. The number of rotatable bonds is 5. The molecule has 0 aromatic heterocycles. The number of carbonyl (C=O) groups excluding carboxylic acids is 1. The van der Waals surface area contributed by atoms with Crippen molar-refractivity contribution >= 4 is 40.8 Å². The van der Waals surface area contributed by atoms with Gasteiger partial charge in [-0.25, -0.2) is 4.79 Å². The molecule has 22 heavy (non-hydrogen) atoms. The van der Waals surface area contributed by atoms with Gasteiger partial charge in [0.25, 0.3) is 5.91 Å². The van der Waals surface area contributed by atoms with E-state index >= 15 is 0 Å². The minimum atomic E-state index is -1.02. The number of carbonyl (C=O) groups is 2. The van der Waals surface area contributed by atoms with Gasteiger partial charge in [0.2, 0.25) is 0 Å². The number of aromatic carboxylic acids is 1. The first-order chi connectivity index (χ1) is 10.5. The zero-order valence-corrected chi connectivity index (χ0v) is 12.7. The van der Waals surface area contributed by atoms with Crippen molar-refractivity contribution in [3.05, 3.63) is 58.1 Å². The van der Waals surface area contributed by atoms with Crippen LogP contribution in [-0.4, -0.2) is 23.6 Å². The van der Waals surface area contributed by atoms with Crippen LogP contribution in [0.1, 0.15) is 10.4 Å². The molecule has 0 heterocycles. The molecule has 0 aliphatic rings. The van der Waals surface area contributed by atoms with Crippen molar-refractivity contribution in [1.29, 1.82) is 0 Å². The average Bonchev–Trinajstić information content (AvgIpc) is 2.49. The number of hydrogen-bond acceptors (Lipinski definition) is 3. The Morgan fingerprint density at radius 1 is 1.05 bits per heavy atom. The summed E-state index contributed by atoms with van der Waals surface area (Å²) in [7, 11) is 0. The minimum absolute atomic E-state index is 0.146. The molecule has 0 spiro atoms. The fourth-order valence-corrected chi connectivity index (χ4v) is 1.91. The third kappa shape index (κ3) is 4.38. The van der Waals surface area contributed by atoms with E-state index in [0.29, 0.717) is 21.5 Å². The summed E-state index contributed by atoms with van der Waals surface area (Å²) in [5.41, 5.74) is 0.650. The summed E-state index contributed by atoms with van der Waals surface area (Å²) in [4.78, 5) is 22.5. The molecule has 0 aliphatic heterocycles. The monoisotopic (exact) mass is 339 g/mol. The summed E-state index contributed by atoms with van der Waals surface area (Å²) in [5, 5.41) is 12.1. The fourth-order valence-electron chi connectivity index (χ4n) is 1.61. The summed E-state index contributed by atoms with van der Waals surface area (Å²) in [6.07, 6.45) is 0. The standard InChI is InChI=1S/C15H11Cl2NO4/c16-12-6-3-10(7-13(12)17)18-14(19)8-22-11-4-1-9(2-5-11)15(20)21/h1-7H,8H2,(H,18,19)(H,20,21). The van der Waals surface area contributed by atoms with Crippen molar-refractivity contribution in [3.63, 3.8) is 0 Å². The van der Waals surface area contributed by atoms with E-state index in [0.717, 1.165) is 0 Å². The highest BCUT2D eigenvalue weighted by molar-refractivity contribution is 6.42. The summed E-state index contributed by atoms with van der Waals surface area (Å²) < 4.78 is 5.26. The Kier molecular flexibility index (Phi) is 5.25. The molecule has 7 heteroatoms. The number of anilines is 1. The van der Waals surface area contributed by atoms with Gasteiger partial charge in [0, 0.05) is 5.69 Å². The highest BCUT2D eigenvalue weighted by atomic mass is 35.5. The summed E-state index contributed by atoms with van der Waals surface area (Å²) >= 11 is 11.6. The Morgan fingerprint density at radius 3 is 2.32 bits per heavy atom. The first kappa shape index (κ1) is 16.1. The van der Waals surface area contributed by atoms with Crippen LogP contribution in [0, 0.1) is 0 Å². The predicted molar refractivity (Wildman–Crippen MR) is 84.0 cm³/mol. The zero-order valence-electron chi connectivity index (χ0n) is 11.2. The summed E-state index contributed by atoms with van der Waals surface area (Å²) in [5.74, 6) is -1.00. The highest BCUT2D eigenvalue weighted by Gasteiger charge is 2.07. The molecule has 5 nitrogen and oxygen atoms in total. The lowest BCUT2D eigenvalue weighted by Crippen LogP contribution is -2.20. The van der Waals surface area contributed by atoms with Crippen molar-refractivity contribution in [2.24, 2.45) is 0 Å². The lowest BCUT2D eigenvalue weighted by atomic mass is 10.2. The average molecular weight is 340 g/mol. The molecule has 2 aromatic rings. The maximum Gasteiger partial charge on any atom is 0.335 e. The fraction of sp³-hybridized carbons (Fsp3) is 0.0667. The second kappa shape index (κ2) is 7.15. The SMILES string of the molecule is O=C(COc1ccc(C(=O)O)cc1)Nc1ccc(Cl)c(Cl)c1. The van der Waals surface area contributed by atoms with Crippen molar-refractivity contribution in [3.8, 4) is 5.75 Å². The summed E-state index contributed by atoms with van der Waals surface area (Å²) in [6.45, 7) is -0.216. The Morgan fingerprint density at radius 2 is 1.73 bits per heavy atom. The Bertz CT molecular complexity index is 701. The normalized spacial score (nSPS) is 10.1. The molecule has 1 amide bonds. The molecule has 114 valence electrons.